The van der Waals surface area contributed by atoms with Gasteiger partial charge in [0.15, 0.2) is 5.13 Å². The molecule has 0 saturated heterocycles. The van der Waals surface area contributed by atoms with Crippen LogP contribution in [0.1, 0.15) is 17.3 Å². The topological polar surface area (TPSA) is 77.0 Å². The molecular weight excluding hydrogens is 336 g/mol. The number of benzene rings is 2. The van der Waals surface area contributed by atoms with Crippen LogP contribution in [0.2, 0.25) is 0 Å². The van der Waals surface area contributed by atoms with Gasteiger partial charge in [0.05, 0.1) is 27.9 Å². The summed E-state index contributed by atoms with van der Waals surface area (Å²) in [6.07, 6.45) is 3.23. The van der Waals surface area contributed by atoms with Gasteiger partial charge >= 0.3 is 0 Å². The Hall–Kier alpha value is -3.06. The monoisotopic (exact) mass is 350 g/mol. The second kappa shape index (κ2) is 6.45. The molecule has 0 spiro atoms. The van der Waals surface area contributed by atoms with Gasteiger partial charge in [-0.3, -0.25) is 20.1 Å². The number of ether oxygens (including phenoxy) is 1. The summed E-state index contributed by atoms with van der Waals surface area (Å²) in [6, 6.07) is 10.9. The van der Waals surface area contributed by atoms with E-state index in [0.29, 0.717) is 22.8 Å². The highest BCUT2D eigenvalue weighted by Crippen LogP contribution is 2.29. The molecular formula is C18H14N4O2S. The van der Waals surface area contributed by atoms with Crippen molar-refractivity contribution in [2.75, 3.05) is 11.9 Å². The first-order chi connectivity index (χ1) is 12.2. The molecule has 0 atom stereocenters. The Labute approximate surface area is 147 Å². The number of nitrogens with one attached hydrogen (secondary N) is 1. The summed E-state index contributed by atoms with van der Waals surface area (Å²) < 4.78 is 6.46. The second-order valence-electron chi connectivity index (χ2n) is 5.30. The zero-order valence-corrected chi connectivity index (χ0v) is 14.2. The van der Waals surface area contributed by atoms with Crippen LogP contribution >= 0.6 is 11.3 Å². The van der Waals surface area contributed by atoms with Gasteiger partial charge in [0.1, 0.15) is 5.75 Å². The van der Waals surface area contributed by atoms with Crippen LogP contribution in [-0.4, -0.2) is 27.5 Å². The quantitative estimate of drug-likeness (QED) is 0.604. The number of thiazole rings is 1. The van der Waals surface area contributed by atoms with Crippen LogP contribution in [0, 0.1) is 0 Å². The van der Waals surface area contributed by atoms with Crippen molar-refractivity contribution >= 4 is 43.6 Å². The lowest BCUT2D eigenvalue weighted by atomic mass is 10.2. The molecule has 6 nitrogen and oxygen atoms in total. The molecule has 0 aliphatic heterocycles. The molecule has 1 N–H and O–H groups in total. The molecule has 2 aromatic heterocycles. The highest BCUT2D eigenvalue weighted by Gasteiger charge is 2.11. The zero-order chi connectivity index (χ0) is 17.2. The van der Waals surface area contributed by atoms with Crippen LogP contribution in [0.15, 0.2) is 48.8 Å². The second-order valence-corrected chi connectivity index (χ2v) is 6.33. The fourth-order valence-corrected chi connectivity index (χ4v) is 3.38. The van der Waals surface area contributed by atoms with Crippen molar-refractivity contribution in [2.24, 2.45) is 0 Å². The fourth-order valence-electron chi connectivity index (χ4n) is 2.49. The minimum atomic E-state index is -0.225. The summed E-state index contributed by atoms with van der Waals surface area (Å²) in [5, 5.41) is 3.39. The van der Waals surface area contributed by atoms with Gasteiger partial charge in [-0.15, -0.1) is 0 Å². The smallest absolute Gasteiger partial charge is 0.257 e. The minimum absolute atomic E-state index is 0.225. The first kappa shape index (κ1) is 15.5. The minimum Gasteiger partial charge on any atom is -0.494 e. The Morgan fingerprint density at radius 3 is 2.72 bits per heavy atom. The molecule has 0 unspecified atom stereocenters. The molecule has 0 saturated carbocycles. The first-order valence-corrected chi connectivity index (χ1v) is 8.60. The Balaban J connectivity index is 1.59. The number of carbonyl (C=O) groups excluding carboxylic acids is 1. The number of hydrogen-bond acceptors (Lipinski definition) is 6. The molecule has 0 fully saturated rings. The van der Waals surface area contributed by atoms with Crippen LogP contribution in [0.5, 0.6) is 5.75 Å². The predicted octanol–water partition coefficient (Wildman–Crippen LogP) is 3.89. The predicted molar refractivity (Wildman–Crippen MR) is 98.3 cm³/mol. The SMILES string of the molecule is CCOc1ccc2nc(NC(=O)c3ccc4nccnc4c3)sc2c1. The lowest BCUT2D eigenvalue weighted by molar-refractivity contribution is 0.102. The van der Waals surface area contributed by atoms with Gasteiger partial charge in [0.2, 0.25) is 0 Å². The summed E-state index contributed by atoms with van der Waals surface area (Å²) in [5.74, 6) is 0.571. The number of rotatable bonds is 4. The first-order valence-electron chi connectivity index (χ1n) is 7.78. The van der Waals surface area contributed by atoms with Gasteiger partial charge in [0.25, 0.3) is 5.91 Å². The highest BCUT2D eigenvalue weighted by molar-refractivity contribution is 7.22. The summed E-state index contributed by atoms with van der Waals surface area (Å²) in [6.45, 7) is 2.55. The number of anilines is 1. The Bertz CT molecular complexity index is 1080. The van der Waals surface area contributed by atoms with Crippen LogP contribution in [-0.2, 0) is 0 Å². The summed E-state index contributed by atoms with van der Waals surface area (Å²) >= 11 is 1.41. The van der Waals surface area contributed by atoms with E-state index in [4.69, 9.17) is 4.74 Å². The number of carbonyl (C=O) groups is 1. The lowest BCUT2D eigenvalue weighted by Crippen LogP contribution is -2.11. The maximum atomic E-state index is 12.5. The largest absolute Gasteiger partial charge is 0.494 e. The zero-order valence-electron chi connectivity index (χ0n) is 13.4. The Morgan fingerprint density at radius 1 is 1.08 bits per heavy atom. The van der Waals surface area contributed by atoms with E-state index >= 15 is 0 Å². The molecule has 124 valence electrons. The van der Waals surface area contributed by atoms with Crippen LogP contribution < -0.4 is 10.1 Å². The van der Waals surface area contributed by atoms with E-state index in [1.54, 1.807) is 30.6 Å². The van der Waals surface area contributed by atoms with E-state index < -0.39 is 0 Å². The van der Waals surface area contributed by atoms with E-state index in [1.807, 2.05) is 25.1 Å². The lowest BCUT2D eigenvalue weighted by Gasteiger charge is -2.02. The molecule has 0 bridgehead atoms. The number of hydrogen-bond donors (Lipinski definition) is 1. The number of amides is 1. The van der Waals surface area contributed by atoms with Crippen molar-refractivity contribution in [2.45, 2.75) is 6.92 Å². The van der Waals surface area contributed by atoms with Gasteiger partial charge < -0.3 is 4.74 Å². The van der Waals surface area contributed by atoms with Crippen LogP contribution in [0.3, 0.4) is 0 Å². The fraction of sp³-hybridized carbons (Fsp3) is 0.111. The maximum Gasteiger partial charge on any atom is 0.257 e. The molecule has 4 rings (SSSR count). The van der Waals surface area contributed by atoms with Crippen LogP contribution in [0.25, 0.3) is 21.3 Å². The van der Waals surface area contributed by atoms with Crippen LogP contribution in [0.4, 0.5) is 5.13 Å². The van der Waals surface area contributed by atoms with E-state index in [9.17, 15) is 4.79 Å². The molecule has 0 aliphatic rings. The third kappa shape index (κ3) is 3.14. The van der Waals surface area contributed by atoms with Gasteiger partial charge in [-0.25, -0.2) is 4.98 Å². The van der Waals surface area contributed by atoms with Gasteiger partial charge in [-0.1, -0.05) is 11.3 Å². The molecule has 2 heterocycles. The van der Waals surface area contributed by atoms with Gasteiger partial charge in [-0.2, -0.15) is 0 Å². The third-order valence-corrected chi connectivity index (χ3v) is 4.56. The van der Waals surface area contributed by atoms with Crippen molar-refractivity contribution in [1.29, 1.82) is 0 Å². The molecule has 7 heteroatoms. The molecule has 1 amide bonds. The summed E-state index contributed by atoms with van der Waals surface area (Å²) in [4.78, 5) is 25.4. The van der Waals surface area contributed by atoms with E-state index in [0.717, 1.165) is 21.5 Å². The number of aromatic nitrogens is 3. The van der Waals surface area contributed by atoms with Crippen molar-refractivity contribution in [3.8, 4) is 5.75 Å². The van der Waals surface area contributed by atoms with Crippen molar-refractivity contribution in [3.05, 3.63) is 54.4 Å². The third-order valence-electron chi connectivity index (χ3n) is 3.62. The maximum absolute atomic E-state index is 12.5. The normalized spacial score (nSPS) is 10.9. The average molecular weight is 350 g/mol. The van der Waals surface area contributed by atoms with Crippen molar-refractivity contribution in [1.82, 2.24) is 15.0 Å². The standard InChI is InChI=1S/C18H14N4O2S/c1-2-24-12-4-6-14-16(10-12)25-18(21-14)22-17(23)11-3-5-13-15(9-11)20-8-7-19-13/h3-10H,2H2,1H3,(H,21,22,23). The molecule has 2 aromatic carbocycles. The van der Waals surface area contributed by atoms with Gasteiger partial charge in [0, 0.05) is 18.0 Å². The summed E-state index contributed by atoms with van der Waals surface area (Å²) in [5.41, 5.74) is 2.78. The molecule has 0 radical (unpaired) electrons. The van der Waals surface area contributed by atoms with E-state index in [1.165, 1.54) is 11.3 Å². The van der Waals surface area contributed by atoms with Gasteiger partial charge in [-0.05, 0) is 43.3 Å². The number of nitrogens with zero attached hydrogens (tertiary/aromatic N) is 3. The molecule has 0 aliphatic carbocycles. The van der Waals surface area contributed by atoms with E-state index in [-0.39, 0.29) is 5.91 Å². The van der Waals surface area contributed by atoms with E-state index in [2.05, 4.69) is 20.3 Å². The average Bonchev–Trinajstić information content (AvgIpc) is 3.03. The Morgan fingerprint density at radius 2 is 1.88 bits per heavy atom. The number of fused-ring (bicyclic) bond motifs is 2. The summed E-state index contributed by atoms with van der Waals surface area (Å²) in [7, 11) is 0. The molecule has 25 heavy (non-hydrogen) atoms. The highest BCUT2D eigenvalue weighted by atomic mass is 32.1. The van der Waals surface area contributed by atoms with Crippen molar-refractivity contribution in [3.63, 3.8) is 0 Å². The molecule has 4 aromatic rings. The van der Waals surface area contributed by atoms with Crippen molar-refractivity contribution < 1.29 is 9.53 Å². The Kier molecular flexibility index (Phi) is 3.99.